The Hall–Kier alpha value is -3.15. The van der Waals surface area contributed by atoms with Crippen molar-refractivity contribution < 1.29 is 14.1 Å². The summed E-state index contributed by atoms with van der Waals surface area (Å²) in [7, 11) is 0. The predicted molar refractivity (Wildman–Crippen MR) is 109 cm³/mol. The van der Waals surface area contributed by atoms with Gasteiger partial charge in [0.2, 0.25) is 5.91 Å². The van der Waals surface area contributed by atoms with Crippen LogP contribution in [0.15, 0.2) is 53.1 Å². The molecule has 29 heavy (non-hydrogen) atoms. The Morgan fingerprint density at radius 2 is 1.93 bits per heavy atom. The van der Waals surface area contributed by atoms with E-state index in [9.17, 15) is 4.79 Å². The van der Waals surface area contributed by atoms with E-state index in [4.69, 9.17) is 9.26 Å². The van der Waals surface area contributed by atoms with Crippen molar-refractivity contribution in [3.8, 4) is 17.2 Å². The van der Waals surface area contributed by atoms with Gasteiger partial charge in [-0.05, 0) is 37.1 Å². The number of carbonyl (C=O) groups excluding carboxylic acids is 1. The van der Waals surface area contributed by atoms with Crippen molar-refractivity contribution in [3.63, 3.8) is 0 Å². The second-order valence-corrected chi connectivity index (χ2v) is 7.22. The summed E-state index contributed by atoms with van der Waals surface area (Å²) in [6.07, 6.45) is 1.38. The first kappa shape index (κ1) is 19.2. The van der Waals surface area contributed by atoms with Crippen molar-refractivity contribution in [1.82, 2.24) is 15.0 Å². The molecule has 6 nitrogen and oxygen atoms in total. The molecule has 1 fully saturated rings. The third-order valence-electron chi connectivity index (χ3n) is 5.26. The van der Waals surface area contributed by atoms with Crippen LogP contribution >= 0.6 is 0 Å². The number of para-hydroxylation sites is 1. The summed E-state index contributed by atoms with van der Waals surface area (Å²) < 4.78 is 11.2. The molecule has 6 heteroatoms. The fraction of sp³-hybridized carbons (Fsp3) is 0.348. The number of benzene rings is 2. The number of amides is 1. The van der Waals surface area contributed by atoms with Crippen LogP contribution in [0.2, 0.25) is 0 Å². The number of hydrogen-bond acceptors (Lipinski definition) is 5. The van der Waals surface area contributed by atoms with Gasteiger partial charge in [-0.15, -0.1) is 0 Å². The number of aryl methyl sites for hydroxylation is 1. The zero-order chi connectivity index (χ0) is 20.2. The Balaban J connectivity index is 1.46. The first-order chi connectivity index (χ1) is 14.2. The second-order valence-electron chi connectivity index (χ2n) is 7.22. The van der Waals surface area contributed by atoms with Crippen LogP contribution in [0.3, 0.4) is 0 Å². The SMILES string of the molecule is CCOc1ccccc1CN1CC(c2noc(-c3ccc(CC)cc3)n2)CC1=O. The number of rotatable bonds is 7. The van der Waals surface area contributed by atoms with Gasteiger partial charge < -0.3 is 14.2 Å². The summed E-state index contributed by atoms with van der Waals surface area (Å²) in [5.41, 5.74) is 3.17. The lowest BCUT2D eigenvalue weighted by Gasteiger charge is -2.18. The smallest absolute Gasteiger partial charge is 0.257 e. The summed E-state index contributed by atoms with van der Waals surface area (Å²) in [6, 6.07) is 16.0. The first-order valence-electron chi connectivity index (χ1n) is 10.1. The van der Waals surface area contributed by atoms with Gasteiger partial charge >= 0.3 is 0 Å². The van der Waals surface area contributed by atoms with Crippen molar-refractivity contribution in [1.29, 1.82) is 0 Å². The molecule has 0 radical (unpaired) electrons. The standard InChI is InChI=1S/C23H25N3O3/c1-3-16-9-11-17(12-10-16)23-24-22(25-29-23)19-13-21(27)26(15-19)14-18-7-5-6-8-20(18)28-4-2/h5-12,19H,3-4,13-15H2,1-2H3. The second kappa shape index (κ2) is 8.47. The van der Waals surface area contributed by atoms with Crippen LogP contribution in [0.25, 0.3) is 11.5 Å². The molecule has 4 rings (SSSR count). The molecule has 1 aliphatic rings. The third-order valence-corrected chi connectivity index (χ3v) is 5.26. The molecule has 1 amide bonds. The Labute approximate surface area is 170 Å². The highest BCUT2D eigenvalue weighted by Gasteiger charge is 2.34. The average Bonchev–Trinajstić information content (AvgIpc) is 3.37. The Bertz CT molecular complexity index is 981. The molecule has 1 aromatic heterocycles. The van der Waals surface area contributed by atoms with E-state index in [1.165, 1.54) is 5.56 Å². The molecule has 1 unspecified atom stereocenters. The van der Waals surface area contributed by atoms with Gasteiger partial charge in [0, 0.05) is 36.6 Å². The van der Waals surface area contributed by atoms with Crippen molar-refractivity contribution in [2.75, 3.05) is 13.2 Å². The van der Waals surface area contributed by atoms with Crippen molar-refractivity contribution in [2.24, 2.45) is 0 Å². The highest BCUT2D eigenvalue weighted by molar-refractivity contribution is 5.79. The van der Waals surface area contributed by atoms with Gasteiger partial charge in [-0.25, -0.2) is 0 Å². The lowest BCUT2D eigenvalue weighted by Crippen LogP contribution is -2.24. The molecule has 1 aliphatic heterocycles. The molecule has 0 N–H and O–H groups in total. The normalized spacial score (nSPS) is 16.4. The van der Waals surface area contributed by atoms with Gasteiger partial charge in [0.15, 0.2) is 5.82 Å². The number of carbonyl (C=O) groups is 1. The van der Waals surface area contributed by atoms with Crippen molar-refractivity contribution >= 4 is 5.91 Å². The van der Waals surface area contributed by atoms with E-state index >= 15 is 0 Å². The van der Waals surface area contributed by atoms with E-state index in [2.05, 4.69) is 29.2 Å². The summed E-state index contributed by atoms with van der Waals surface area (Å²) in [4.78, 5) is 19.0. The maximum Gasteiger partial charge on any atom is 0.257 e. The van der Waals surface area contributed by atoms with E-state index in [0.29, 0.717) is 37.8 Å². The number of nitrogens with zero attached hydrogens (tertiary/aromatic N) is 3. The Morgan fingerprint density at radius 1 is 1.14 bits per heavy atom. The summed E-state index contributed by atoms with van der Waals surface area (Å²) in [5, 5.41) is 4.15. The van der Waals surface area contributed by atoms with E-state index in [-0.39, 0.29) is 11.8 Å². The quantitative estimate of drug-likeness (QED) is 0.603. The summed E-state index contributed by atoms with van der Waals surface area (Å²) >= 11 is 0. The van der Waals surface area contributed by atoms with Gasteiger partial charge in [0.1, 0.15) is 5.75 Å². The molecule has 0 bridgehead atoms. The Morgan fingerprint density at radius 3 is 2.69 bits per heavy atom. The van der Waals surface area contributed by atoms with Crippen molar-refractivity contribution in [3.05, 3.63) is 65.5 Å². The van der Waals surface area contributed by atoms with E-state index in [1.807, 2.05) is 48.2 Å². The zero-order valence-corrected chi connectivity index (χ0v) is 16.8. The minimum absolute atomic E-state index is 0.0610. The van der Waals surface area contributed by atoms with E-state index in [0.717, 1.165) is 23.3 Å². The molecule has 1 atom stereocenters. The minimum Gasteiger partial charge on any atom is -0.494 e. The van der Waals surface area contributed by atoms with Crippen LogP contribution < -0.4 is 4.74 Å². The highest BCUT2D eigenvalue weighted by Crippen LogP contribution is 2.30. The molecule has 3 aromatic rings. The maximum absolute atomic E-state index is 12.6. The Kier molecular flexibility index (Phi) is 5.60. The summed E-state index contributed by atoms with van der Waals surface area (Å²) in [5.74, 6) is 1.95. The number of likely N-dealkylation sites (tertiary alicyclic amines) is 1. The molecule has 2 aromatic carbocycles. The topological polar surface area (TPSA) is 68.5 Å². The van der Waals surface area contributed by atoms with Crippen LogP contribution in [0, 0.1) is 0 Å². The number of ether oxygens (including phenoxy) is 1. The number of hydrogen-bond donors (Lipinski definition) is 0. The average molecular weight is 391 g/mol. The number of aromatic nitrogens is 2. The largest absolute Gasteiger partial charge is 0.494 e. The molecule has 2 heterocycles. The van der Waals surface area contributed by atoms with Gasteiger partial charge in [-0.3, -0.25) is 4.79 Å². The fourth-order valence-electron chi connectivity index (χ4n) is 3.64. The molecule has 0 aliphatic carbocycles. The first-order valence-corrected chi connectivity index (χ1v) is 10.1. The monoisotopic (exact) mass is 391 g/mol. The minimum atomic E-state index is -0.0610. The third kappa shape index (κ3) is 4.16. The van der Waals surface area contributed by atoms with Crippen LogP contribution in [0.4, 0.5) is 0 Å². The molecular weight excluding hydrogens is 366 g/mol. The molecule has 1 saturated heterocycles. The lowest BCUT2D eigenvalue weighted by molar-refractivity contribution is -0.128. The van der Waals surface area contributed by atoms with Crippen LogP contribution in [0.5, 0.6) is 5.75 Å². The molecule has 0 saturated carbocycles. The molecule has 150 valence electrons. The van der Waals surface area contributed by atoms with Gasteiger partial charge in [-0.2, -0.15) is 4.98 Å². The van der Waals surface area contributed by atoms with Crippen molar-refractivity contribution in [2.45, 2.75) is 39.2 Å². The van der Waals surface area contributed by atoms with E-state index < -0.39 is 0 Å². The van der Waals surface area contributed by atoms with Gasteiger partial charge in [0.05, 0.1) is 6.61 Å². The highest BCUT2D eigenvalue weighted by atomic mass is 16.5. The van der Waals surface area contributed by atoms with Crippen LogP contribution in [-0.2, 0) is 17.8 Å². The van der Waals surface area contributed by atoms with Crippen LogP contribution in [0.1, 0.15) is 43.1 Å². The molecule has 0 spiro atoms. The summed E-state index contributed by atoms with van der Waals surface area (Å²) in [6.45, 7) is 5.77. The fourth-order valence-corrected chi connectivity index (χ4v) is 3.64. The predicted octanol–water partition coefficient (Wildman–Crippen LogP) is 4.21. The maximum atomic E-state index is 12.6. The van der Waals surface area contributed by atoms with Gasteiger partial charge in [-0.1, -0.05) is 42.4 Å². The van der Waals surface area contributed by atoms with Crippen LogP contribution in [-0.4, -0.2) is 34.1 Å². The van der Waals surface area contributed by atoms with Gasteiger partial charge in [0.25, 0.3) is 5.89 Å². The molecular formula is C23H25N3O3. The zero-order valence-electron chi connectivity index (χ0n) is 16.8. The van der Waals surface area contributed by atoms with E-state index in [1.54, 1.807) is 0 Å². The lowest BCUT2D eigenvalue weighted by atomic mass is 10.1.